The van der Waals surface area contributed by atoms with Crippen molar-refractivity contribution in [2.75, 3.05) is 42.3 Å². The molecule has 0 unspecified atom stereocenters. The Bertz CT molecular complexity index is 923. The fraction of sp³-hybridized carbons (Fsp3) is 0.278. The van der Waals surface area contributed by atoms with E-state index in [9.17, 15) is 13.2 Å². The van der Waals surface area contributed by atoms with Crippen LogP contribution in [0.25, 0.3) is 0 Å². The Labute approximate surface area is 158 Å². The molecule has 0 atom stereocenters. The lowest BCUT2D eigenvalue weighted by Gasteiger charge is -2.30. The molecule has 0 bridgehead atoms. The van der Waals surface area contributed by atoms with Crippen LogP contribution in [0.15, 0.2) is 47.4 Å². The summed E-state index contributed by atoms with van der Waals surface area (Å²) in [6.45, 7) is 3.89. The maximum Gasteiger partial charge on any atom is 0.339 e. The second kappa shape index (κ2) is 7.85. The van der Waals surface area contributed by atoms with Gasteiger partial charge in [0.1, 0.15) is 10.6 Å². The Hall–Kier alpha value is -2.78. The van der Waals surface area contributed by atoms with Gasteiger partial charge in [0, 0.05) is 31.8 Å². The number of hydrogen-bond donors (Lipinski definition) is 2. The number of nitrogen functional groups attached to an aromatic ring is 1. The summed E-state index contributed by atoms with van der Waals surface area (Å²) in [6.07, 6.45) is 0. The van der Waals surface area contributed by atoms with E-state index in [1.54, 1.807) is 12.1 Å². The Morgan fingerprint density at radius 3 is 2.44 bits per heavy atom. The molecule has 1 aliphatic heterocycles. The van der Waals surface area contributed by atoms with E-state index in [0.29, 0.717) is 43.4 Å². The number of carbonyl (C=O) groups excluding carboxylic acids is 1. The van der Waals surface area contributed by atoms with E-state index < -0.39 is 10.1 Å². The van der Waals surface area contributed by atoms with Gasteiger partial charge in [-0.25, -0.2) is 0 Å². The van der Waals surface area contributed by atoms with Gasteiger partial charge in [0.25, 0.3) is 0 Å². The van der Waals surface area contributed by atoms with Crippen molar-refractivity contribution >= 4 is 33.1 Å². The van der Waals surface area contributed by atoms with Crippen molar-refractivity contribution in [3.05, 3.63) is 42.5 Å². The number of rotatable bonds is 5. The largest absolute Gasteiger partial charge is 0.397 e. The lowest BCUT2D eigenvalue weighted by Crippen LogP contribution is -2.36. The van der Waals surface area contributed by atoms with Crippen molar-refractivity contribution in [3.8, 4) is 5.75 Å². The number of hydrogen-bond acceptors (Lipinski definition) is 7. The SMILES string of the molecule is CC(=O)Nc1ccc(S(=O)(=O)Oc2ccc(N)c(N3CCOCC3)c2)cc1. The molecule has 2 aromatic carbocycles. The molecule has 1 saturated heterocycles. The molecule has 0 saturated carbocycles. The summed E-state index contributed by atoms with van der Waals surface area (Å²) in [5.74, 6) is -0.0593. The average molecular weight is 391 g/mol. The van der Waals surface area contributed by atoms with Crippen molar-refractivity contribution in [1.82, 2.24) is 0 Å². The van der Waals surface area contributed by atoms with Crippen molar-refractivity contribution in [1.29, 1.82) is 0 Å². The lowest BCUT2D eigenvalue weighted by molar-refractivity contribution is -0.114. The van der Waals surface area contributed by atoms with Crippen LogP contribution in [0.5, 0.6) is 5.75 Å². The van der Waals surface area contributed by atoms with Crippen molar-refractivity contribution < 1.29 is 22.1 Å². The molecule has 27 heavy (non-hydrogen) atoms. The summed E-state index contributed by atoms with van der Waals surface area (Å²) in [7, 11) is -4.02. The van der Waals surface area contributed by atoms with E-state index in [2.05, 4.69) is 5.32 Å². The van der Waals surface area contributed by atoms with Crippen LogP contribution in [-0.4, -0.2) is 40.6 Å². The van der Waals surface area contributed by atoms with Gasteiger partial charge < -0.3 is 24.9 Å². The minimum absolute atomic E-state index is 0.0126. The van der Waals surface area contributed by atoms with Gasteiger partial charge in [0.05, 0.1) is 24.6 Å². The van der Waals surface area contributed by atoms with E-state index in [-0.39, 0.29) is 16.6 Å². The zero-order valence-electron chi connectivity index (χ0n) is 14.8. The monoisotopic (exact) mass is 391 g/mol. The van der Waals surface area contributed by atoms with E-state index in [1.807, 2.05) is 4.90 Å². The summed E-state index contributed by atoms with van der Waals surface area (Å²) in [5, 5.41) is 2.58. The van der Waals surface area contributed by atoms with Gasteiger partial charge in [-0.2, -0.15) is 8.42 Å². The van der Waals surface area contributed by atoms with Crippen LogP contribution in [-0.2, 0) is 19.6 Å². The van der Waals surface area contributed by atoms with Gasteiger partial charge in [0.2, 0.25) is 5.91 Å². The molecule has 2 aromatic rings. The molecule has 9 heteroatoms. The zero-order chi connectivity index (χ0) is 19.4. The van der Waals surface area contributed by atoms with Gasteiger partial charge in [-0.05, 0) is 36.4 Å². The van der Waals surface area contributed by atoms with E-state index >= 15 is 0 Å². The maximum atomic E-state index is 12.5. The third-order valence-corrected chi connectivity index (χ3v) is 5.28. The highest BCUT2D eigenvalue weighted by molar-refractivity contribution is 7.87. The first-order chi connectivity index (χ1) is 12.8. The minimum Gasteiger partial charge on any atom is -0.397 e. The van der Waals surface area contributed by atoms with E-state index in [0.717, 1.165) is 0 Å². The first-order valence-corrected chi connectivity index (χ1v) is 9.80. The van der Waals surface area contributed by atoms with Crippen LogP contribution in [0.2, 0.25) is 0 Å². The number of nitrogens with zero attached hydrogens (tertiary/aromatic N) is 1. The molecular formula is C18H21N3O5S. The molecule has 1 amide bonds. The van der Waals surface area contributed by atoms with Crippen molar-refractivity contribution in [2.24, 2.45) is 0 Å². The summed E-state index contributed by atoms with van der Waals surface area (Å²) < 4.78 is 35.7. The number of benzene rings is 2. The fourth-order valence-corrected chi connectivity index (χ4v) is 3.66. The first kappa shape index (κ1) is 19.0. The molecule has 0 spiro atoms. The number of anilines is 3. The van der Waals surface area contributed by atoms with Crippen LogP contribution in [0.3, 0.4) is 0 Å². The number of amides is 1. The van der Waals surface area contributed by atoms with Gasteiger partial charge >= 0.3 is 10.1 Å². The number of carbonyl (C=O) groups is 1. The Morgan fingerprint density at radius 2 is 1.81 bits per heavy atom. The molecule has 1 aliphatic rings. The van der Waals surface area contributed by atoms with Crippen LogP contribution in [0.1, 0.15) is 6.92 Å². The topological polar surface area (TPSA) is 111 Å². The van der Waals surface area contributed by atoms with Crippen LogP contribution < -0.4 is 20.1 Å². The average Bonchev–Trinajstić information content (AvgIpc) is 2.64. The summed E-state index contributed by atoms with van der Waals surface area (Å²) in [5.41, 5.74) is 7.79. The van der Waals surface area contributed by atoms with Crippen molar-refractivity contribution in [3.63, 3.8) is 0 Å². The second-order valence-corrected chi connectivity index (χ2v) is 7.61. The van der Waals surface area contributed by atoms with Gasteiger partial charge in [-0.3, -0.25) is 4.79 Å². The predicted octanol–water partition coefficient (Wildman–Crippen LogP) is 1.83. The van der Waals surface area contributed by atoms with Crippen LogP contribution in [0, 0.1) is 0 Å². The predicted molar refractivity (Wildman–Crippen MR) is 102 cm³/mol. The summed E-state index contributed by atoms with van der Waals surface area (Å²) >= 11 is 0. The highest BCUT2D eigenvalue weighted by atomic mass is 32.2. The maximum absolute atomic E-state index is 12.5. The Morgan fingerprint density at radius 1 is 1.15 bits per heavy atom. The molecule has 0 radical (unpaired) electrons. The zero-order valence-corrected chi connectivity index (χ0v) is 15.7. The highest BCUT2D eigenvalue weighted by Gasteiger charge is 2.19. The third kappa shape index (κ3) is 4.69. The normalized spacial score (nSPS) is 14.6. The molecule has 8 nitrogen and oxygen atoms in total. The number of morpholine rings is 1. The molecule has 3 rings (SSSR count). The highest BCUT2D eigenvalue weighted by Crippen LogP contribution is 2.30. The molecule has 3 N–H and O–H groups in total. The van der Waals surface area contributed by atoms with Crippen LogP contribution >= 0.6 is 0 Å². The van der Waals surface area contributed by atoms with E-state index in [1.165, 1.54) is 37.3 Å². The van der Waals surface area contributed by atoms with Gasteiger partial charge in [-0.15, -0.1) is 0 Å². The third-order valence-electron chi connectivity index (χ3n) is 4.02. The number of nitrogens with one attached hydrogen (secondary N) is 1. The Kier molecular flexibility index (Phi) is 5.52. The standard InChI is InChI=1S/C18H21N3O5S/c1-13(22)20-14-2-5-16(6-3-14)27(23,24)26-15-4-7-17(19)18(12-15)21-8-10-25-11-9-21/h2-7,12H,8-11,19H2,1H3,(H,20,22). The second-order valence-electron chi connectivity index (χ2n) is 6.06. The molecule has 1 heterocycles. The lowest BCUT2D eigenvalue weighted by atomic mass is 10.2. The number of ether oxygens (including phenoxy) is 1. The first-order valence-electron chi connectivity index (χ1n) is 8.39. The fourth-order valence-electron chi connectivity index (χ4n) is 2.74. The van der Waals surface area contributed by atoms with Crippen LogP contribution in [0.4, 0.5) is 17.1 Å². The molecule has 0 aromatic heterocycles. The smallest absolute Gasteiger partial charge is 0.339 e. The quantitative estimate of drug-likeness (QED) is 0.591. The van der Waals surface area contributed by atoms with Gasteiger partial charge in [0.15, 0.2) is 0 Å². The molecule has 1 fully saturated rings. The van der Waals surface area contributed by atoms with Gasteiger partial charge in [-0.1, -0.05) is 0 Å². The summed E-state index contributed by atoms with van der Waals surface area (Å²) in [4.78, 5) is 13.1. The molecule has 0 aliphatic carbocycles. The minimum atomic E-state index is -4.02. The molecule has 144 valence electrons. The van der Waals surface area contributed by atoms with Crippen molar-refractivity contribution in [2.45, 2.75) is 11.8 Å². The van der Waals surface area contributed by atoms with E-state index in [4.69, 9.17) is 14.7 Å². The number of nitrogens with two attached hydrogens (primary N) is 1. The molecular weight excluding hydrogens is 370 g/mol. The summed E-state index contributed by atoms with van der Waals surface area (Å²) in [6, 6.07) is 10.5. The Balaban J connectivity index is 1.80.